The Balaban J connectivity index is 1.56. The van der Waals surface area contributed by atoms with Crippen molar-refractivity contribution in [3.63, 3.8) is 0 Å². The summed E-state index contributed by atoms with van der Waals surface area (Å²) in [6, 6.07) is 8.63. The van der Waals surface area contributed by atoms with Crippen molar-refractivity contribution in [1.82, 2.24) is 0 Å². The van der Waals surface area contributed by atoms with Gasteiger partial charge in [0.05, 0.1) is 12.7 Å². The molecule has 1 N–H and O–H groups in total. The third-order valence-electron chi connectivity index (χ3n) is 3.56. The number of methoxy groups -OCH3 is 1. The number of fused-ring (bicyclic) bond motifs is 1. The molecule has 0 bridgehead atoms. The number of anilines is 1. The summed E-state index contributed by atoms with van der Waals surface area (Å²) in [5.74, 6) is -0.912. The smallest absolute Gasteiger partial charge is 0.341 e. The van der Waals surface area contributed by atoms with Crippen LogP contribution < -0.4 is 19.5 Å². The average molecular weight is 361 g/mol. The minimum atomic E-state index is -0.942. The van der Waals surface area contributed by atoms with Gasteiger partial charge in [-0.3, -0.25) is 4.79 Å². The minimum Gasteiger partial charge on any atom is -0.497 e. The van der Waals surface area contributed by atoms with Gasteiger partial charge in [0.1, 0.15) is 24.8 Å². The highest BCUT2D eigenvalue weighted by atomic mass is 19.1. The lowest BCUT2D eigenvalue weighted by atomic mass is 10.2. The summed E-state index contributed by atoms with van der Waals surface area (Å²) in [7, 11) is 1.38. The fourth-order valence-electron chi connectivity index (χ4n) is 2.32. The maximum atomic E-state index is 13.8. The Hall–Kier alpha value is -3.29. The van der Waals surface area contributed by atoms with E-state index in [1.165, 1.54) is 19.2 Å². The van der Waals surface area contributed by atoms with Crippen LogP contribution in [0.25, 0.3) is 0 Å². The number of hydrogen-bond donors (Lipinski definition) is 1. The van der Waals surface area contributed by atoms with E-state index in [1.807, 2.05) is 0 Å². The van der Waals surface area contributed by atoms with Gasteiger partial charge in [0.15, 0.2) is 18.1 Å². The van der Waals surface area contributed by atoms with Crippen molar-refractivity contribution in [2.45, 2.75) is 0 Å². The topological polar surface area (TPSA) is 83.1 Å². The number of nitrogens with one attached hydrogen (secondary N) is 1. The first-order valence-corrected chi connectivity index (χ1v) is 7.77. The SMILES string of the molecule is COc1ccc(C(=O)OCC(=O)Nc2ccc3c(c2)OCCO3)c(F)c1. The number of rotatable bonds is 5. The van der Waals surface area contributed by atoms with Crippen LogP contribution in [-0.2, 0) is 9.53 Å². The molecule has 0 aliphatic carbocycles. The van der Waals surface area contributed by atoms with E-state index in [-0.39, 0.29) is 11.3 Å². The van der Waals surface area contributed by atoms with E-state index in [9.17, 15) is 14.0 Å². The van der Waals surface area contributed by atoms with Gasteiger partial charge in [0.25, 0.3) is 5.91 Å². The highest BCUT2D eigenvalue weighted by molar-refractivity contribution is 5.95. The van der Waals surface area contributed by atoms with Gasteiger partial charge in [0, 0.05) is 17.8 Å². The Bertz CT molecular complexity index is 838. The second kappa shape index (κ2) is 7.73. The van der Waals surface area contributed by atoms with Crippen LogP contribution in [0, 0.1) is 5.82 Å². The van der Waals surface area contributed by atoms with Gasteiger partial charge in [0.2, 0.25) is 0 Å². The lowest BCUT2D eigenvalue weighted by Gasteiger charge is -2.19. The number of benzene rings is 2. The number of carbonyl (C=O) groups excluding carboxylic acids is 2. The van der Waals surface area contributed by atoms with Gasteiger partial charge in [-0.1, -0.05) is 0 Å². The van der Waals surface area contributed by atoms with Gasteiger partial charge in [-0.15, -0.1) is 0 Å². The molecular formula is C18H16FNO6. The summed E-state index contributed by atoms with van der Waals surface area (Å²) in [5, 5.41) is 2.57. The lowest BCUT2D eigenvalue weighted by molar-refractivity contribution is -0.119. The van der Waals surface area contributed by atoms with Gasteiger partial charge < -0.3 is 24.3 Å². The second-order valence-electron chi connectivity index (χ2n) is 5.33. The summed E-state index contributed by atoms with van der Waals surface area (Å²) in [4.78, 5) is 23.8. The molecule has 26 heavy (non-hydrogen) atoms. The molecule has 0 saturated heterocycles. The maximum Gasteiger partial charge on any atom is 0.341 e. The van der Waals surface area contributed by atoms with Crippen LogP contribution in [0.2, 0.25) is 0 Å². The molecular weight excluding hydrogens is 345 g/mol. The Labute approximate surface area is 148 Å². The van der Waals surface area contributed by atoms with Crippen LogP contribution in [-0.4, -0.2) is 38.8 Å². The average Bonchev–Trinajstić information content (AvgIpc) is 2.66. The monoisotopic (exact) mass is 361 g/mol. The number of hydrogen-bond acceptors (Lipinski definition) is 6. The number of carbonyl (C=O) groups is 2. The summed E-state index contributed by atoms with van der Waals surface area (Å²) >= 11 is 0. The van der Waals surface area contributed by atoms with E-state index < -0.39 is 24.3 Å². The predicted octanol–water partition coefficient (Wildman–Crippen LogP) is 2.40. The van der Waals surface area contributed by atoms with Crippen molar-refractivity contribution < 1.29 is 32.9 Å². The molecule has 0 atom stereocenters. The van der Waals surface area contributed by atoms with Gasteiger partial charge >= 0.3 is 5.97 Å². The van der Waals surface area contributed by atoms with Gasteiger partial charge in [-0.25, -0.2) is 9.18 Å². The second-order valence-corrected chi connectivity index (χ2v) is 5.33. The van der Waals surface area contributed by atoms with E-state index >= 15 is 0 Å². The van der Waals surface area contributed by atoms with Crippen LogP contribution in [0.1, 0.15) is 10.4 Å². The highest BCUT2D eigenvalue weighted by Crippen LogP contribution is 2.32. The molecule has 136 valence electrons. The first-order valence-electron chi connectivity index (χ1n) is 7.77. The van der Waals surface area contributed by atoms with Crippen LogP contribution in [0.4, 0.5) is 10.1 Å². The van der Waals surface area contributed by atoms with Gasteiger partial charge in [-0.2, -0.15) is 0 Å². The van der Waals surface area contributed by atoms with Crippen molar-refractivity contribution in [1.29, 1.82) is 0 Å². The third kappa shape index (κ3) is 4.02. The summed E-state index contributed by atoms with van der Waals surface area (Å²) in [6.45, 7) is 0.338. The van der Waals surface area contributed by atoms with Crippen molar-refractivity contribution in [2.24, 2.45) is 0 Å². The maximum absolute atomic E-state index is 13.8. The normalized spacial score (nSPS) is 12.2. The molecule has 0 spiro atoms. The Morgan fingerprint density at radius 1 is 1.12 bits per heavy atom. The van der Waals surface area contributed by atoms with E-state index in [0.29, 0.717) is 30.4 Å². The zero-order valence-electron chi connectivity index (χ0n) is 13.9. The first kappa shape index (κ1) is 17.5. The van der Waals surface area contributed by atoms with Crippen LogP contribution in [0.15, 0.2) is 36.4 Å². The van der Waals surface area contributed by atoms with Crippen molar-refractivity contribution >= 4 is 17.6 Å². The summed E-state index contributed by atoms with van der Waals surface area (Å²) in [5.41, 5.74) is 0.184. The van der Waals surface area contributed by atoms with Crippen molar-refractivity contribution in [3.8, 4) is 17.2 Å². The lowest BCUT2D eigenvalue weighted by Crippen LogP contribution is -2.21. The molecule has 1 aliphatic heterocycles. The highest BCUT2D eigenvalue weighted by Gasteiger charge is 2.17. The van der Waals surface area contributed by atoms with Crippen LogP contribution in [0.3, 0.4) is 0 Å². The largest absolute Gasteiger partial charge is 0.497 e. The molecule has 0 radical (unpaired) electrons. The van der Waals surface area contributed by atoms with E-state index in [0.717, 1.165) is 6.07 Å². The third-order valence-corrected chi connectivity index (χ3v) is 3.56. The number of esters is 1. The van der Waals surface area contributed by atoms with Crippen molar-refractivity contribution in [2.75, 3.05) is 32.2 Å². The standard InChI is InChI=1S/C18H16FNO6/c1-23-12-3-4-13(14(19)9-12)18(22)26-10-17(21)20-11-2-5-15-16(8-11)25-7-6-24-15/h2-5,8-9H,6-7,10H2,1H3,(H,20,21). The Kier molecular flexibility index (Phi) is 5.21. The Morgan fingerprint density at radius 3 is 2.62 bits per heavy atom. The van der Waals surface area contributed by atoms with Crippen LogP contribution >= 0.6 is 0 Å². The molecule has 8 heteroatoms. The Morgan fingerprint density at radius 2 is 1.88 bits per heavy atom. The molecule has 2 aromatic rings. The molecule has 1 aliphatic rings. The van der Waals surface area contributed by atoms with E-state index in [4.69, 9.17) is 18.9 Å². The summed E-state index contributed by atoms with van der Waals surface area (Å²) in [6.07, 6.45) is 0. The van der Waals surface area contributed by atoms with Gasteiger partial charge in [-0.05, 0) is 24.3 Å². The zero-order valence-corrected chi connectivity index (χ0v) is 13.9. The fraction of sp³-hybridized carbons (Fsp3) is 0.222. The molecule has 0 aromatic heterocycles. The predicted molar refractivity (Wildman–Crippen MR) is 89.3 cm³/mol. The summed E-state index contributed by atoms with van der Waals surface area (Å²) < 4.78 is 34.3. The molecule has 1 heterocycles. The quantitative estimate of drug-likeness (QED) is 0.824. The molecule has 1 amide bonds. The number of ether oxygens (including phenoxy) is 4. The minimum absolute atomic E-state index is 0.274. The molecule has 7 nitrogen and oxygen atoms in total. The van der Waals surface area contributed by atoms with Crippen molar-refractivity contribution in [3.05, 3.63) is 47.8 Å². The van der Waals surface area contributed by atoms with Crippen LogP contribution in [0.5, 0.6) is 17.2 Å². The number of halogens is 1. The fourth-order valence-corrected chi connectivity index (χ4v) is 2.32. The first-order chi connectivity index (χ1) is 12.6. The van der Waals surface area contributed by atoms with E-state index in [1.54, 1.807) is 18.2 Å². The van der Waals surface area contributed by atoms with E-state index in [2.05, 4.69) is 5.32 Å². The zero-order chi connectivity index (χ0) is 18.5. The molecule has 2 aromatic carbocycles. The molecule has 0 unspecified atom stereocenters. The molecule has 0 fully saturated rings. The number of amides is 1. The molecule has 3 rings (SSSR count). The molecule has 0 saturated carbocycles.